The van der Waals surface area contributed by atoms with Crippen LogP contribution in [0, 0.1) is 17.8 Å². The third-order valence-corrected chi connectivity index (χ3v) is 4.09. The first-order valence-electron chi connectivity index (χ1n) is 6.26. The van der Waals surface area contributed by atoms with Gasteiger partial charge in [-0.15, -0.1) is 12.4 Å². The van der Waals surface area contributed by atoms with Crippen molar-refractivity contribution in [3.63, 3.8) is 0 Å². The van der Waals surface area contributed by atoms with E-state index >= 15 is 0 Å². The van der Waals surface area contributed by atoms with Crippen LogP contribution >= 0.6 is 12.4 Å². The standard InChI is InChI=1S/C12H22N2O.ClH/c13-5-3-12(15)14-6-4-11-8-9-1-2-10(11)7-9;/h9-11H,1-8,13H2,(H,14,15);1H. The maximum atomic E-state index is 11.2. The van der Waals surface area contributed by atoms with Crippen molar-refractivity contribution in [2.75, 3.05) is 13.1 Å². The highest BCUT2D eigenvalue weighted by Crippen LogP contribution is 2.49. The van der Waals surface area contributed by atoms with Crippen LogP contribution in [0.15, 0.2) is 0 Å². The van der Waals surface area contributed by atoms with Gasteiger partial charge in [0.1, 0.15) is 0 Å². The summed E-state index contributed by atoms with van der Waals surface area (Å²) in [7, 11) is 0. The number of hydrogen-bond donors (Lipinski definition) is 2. The second-order valence-corrected chi connectivity index (χ2v) is 5.11. The van der Waals surface area contributed by atoms with Gasteiger partial charge in [0.05, 0.1) is 0 Å². The van der Waals surface area contributed by atoms with E-state index in [0.717, 1.165) is 24.3 Å². The van der Waals surface area contributed by atoms with Crippen LogP contribution in [0.2, 0.25) is 0 Å². The lowest BCUT2D eigenvalue weighted by atomic mass is 9.86. The molecule has 1 amide bonds. The molecule has 4 heteroatoms. The minimum absolute atomic E-state index is 0. The Morgan fingerprint density at radius 1 is 1.31 bits per heavy atom. The van der Waals surface area contributed by atoms with E-state index in [9.17, 15) is 4.79 Å². The van der Waals surface area contributed by atoms with Crippen LogP contribution in [0.1, 0.15) is 38.5 Å². The van der Waals surface area contributed by atoms with Crippen LogP contribution in [-0.2, 0) is 4.79 Å². The Bertz CT molecular complexity index is 235. The van der Waals surface area contributed by atoms with Crippen LogP contribution in [-0.4, -0.2) is 19.0 Å². The molecule has 3 nitrogen and oxygen atoms in total. The fraction of sp³-hybridized carbons (Fsp3) is 0.917. The van der Waals surface area contributed by atoms with Gasteiger partial charge in [-0.2, -0.15) is 0 Å². The van der Waals surface area contributed by atoms with Crippen molar-refractivity contribution in [3.05, 3.63) is 0 Å². The van der Waals surface area contributed by atoms with Gasteiger partial charge in [-0.3, -0.25) is 4.79 Å². The van der Waals surface area contributed by atoms with Gasteiger partial charge < -0.3 is 11.1 Å². The van der Waals surface area contributed by atoms with Gasteiger partial charge in [0.15, 0.2) is 0 Å². The lowest BCUT2D eigenvalue weighted by Crippen LogP contribution is -2.28. The number of amides is 1. The van der Waals surface area contributed by atoms with Gasteiger partial charge in [-0.25, -0.2) is 0 Å². The number of halogens is 1. The first-order valence-corrected chi connectivity index (χ1v) is 6.26. The van der Waals surface area contributed by atoms with E-state index in [1.807, 2.05) is 0 Å². The van der Waals surface area contributed by atoms with Crippen LogP contribution < -0.4 is 11.1 Å². The summed E-state index contributed by atoms with van der Waals surface area (Å²) in [4.78, 5) is 11.2. The fourth-order valence-corrected chi connectivity index (χ4v) is 3.35. The largest absolute Gasteiger partial charge is 0.356 e. The smallest absolute Gasteiger partial charge is 0.221 e. The SMILES string of the molecule is Cl.NCCC(=O)NCCC1CC2CCC1C2. The highest BCUT2D eigenvalue weighted by molar-refractivity contribution is 5.85. The Balaban J connectivity index is 0.00000128. The second-order valence-electron chi connectivity index (χ2n) is 5.11. The average molecular weight is 247 g/mol. The van der Waals surface area contributed by atoms with Gasteiger partial charge in [-0.1, -0.05) is 6.42 Å². The summed E-state index contributed by atoms with van der Waals surface area (Å²) in [5, 5.41) is 2.95. The Morgan fingerprint density at radius 2 is 2.12 bits per heavy atom. The molecule has 94 valence electrons. The fourth-order valence-electron chi connectivity index (χ4n) is 3.35. The Hall–Kier alpha value is -0.280. The summed E-state index contributed by atoms with van der Waals surface area (Å²) in [6, 6.07) is 0. The molecule has 0 aliphatic heterocycles. The molecule has 3 atom stereocenters. The number of nitrogens with two attached hydrogens (primary N) is 1. The van der Waals surface area contributed by atoms with Crippen molar-refractivity contribution in [1.29, 1.82) is 0 Å². The number of hydrogen-bond acceptors (Lipinski definition) is 2. The molecule has 2 fully saturated rings. The van der Waals surface area contributed by atoms with Crippen molar-refractivity contribution in [2.45, 2.75) is 38.5 Å². The minimum atomic E-state index is 0. The molecule has 2 rings (SSSR count). The predicted molar refractivity (Wildman–Crippen MR) is 67.5 cm³/mol. The van der Waals surface area contributed by atoms with Gasteiger partial charge >= 0.3 is 0 Å². The van der Waals surface area contributed by atoms with Crippen molar-refractivity contribution in [3.8, 4) is 0 Å². The van der Waals surface area contributed by atoms with Gasteiger partial charge in [0, 0.05) is 19.5 Å². The molecule has 0 spiro atoms. The maximum absolute atomic E-state index is 11.2. The van der Waals surface area contributed by atoms with Crippen LogP contribution in [0.3, 0.4) is 0 Å². The van der Waals surface area contributed by atoms with E-state index < -0.39 is 0 Å². The quantitative estimate of drug-likeness (QED) is 0.776. The number of nitrogens with one attached hydrogen (secondary N) is 1. The van der Waals surface area contributed by atoms with Crippen molar-refractivity contribution in [1.82, 2.24) is 5.32 Å². The Morgan fingerprint density at radius 3 is 2.69 bits per heavy atom. The molecular weight excluding hydrogens is 224 g/mol. The molecule has 2 bridgehead atoms. The first kappa shape index (κ1) is 13.8. The molecule has 3 N–H and O–H groups in total. The highest BCUT2D eigenvalue weighted by Gasteiger charge is 2.38. The summed E-state index contributed by atoms with van der Waals surface area (Å²) in [6.07, 6.45) is 7.42. The third kappa shape index (κ3) is 3.36. The van der Waals surface area contributed by atoms with Gasteiger partial charge in [0.2, 0.25) is 5.91 Å². The lowest BCUT2D eigenvalue weighted by Gasteiger charge is -2.21. The number of rotatable bonds is 5. The summed E-state index contributed by atoms with van der Waals surface area (Å²) in [6.45, 7) is 1.31. The maximum Gasteiger partial charge on any atom is 0.221 e. The number of carbonyl (C=O) groups excluding carboxylic acids is 1. The van der Waals surface area contributed by atoms with E-state index in [1.165, 1.54) is 32.1 Å². The topological polar surface area (TPSA) is 55.1 Å². The molecule has 0 heterocycles. The van der Waals surface area contributed by atoms with Crippen molar-refractivity contribution in [2.24, 2.45) is 23.5 Å². The average Bonchev–Trinajstić information content (AvgIpc) is 2.79. The monoisotopic (exact) mass is 246 g/mol. The highest BCUT2D eigenvalue weighted by atomic mass is 35.5. The molecule has 0 aromatic carbocycles. The molecule has 3 unspecified atom stereocenters. The number of fused-ring (bicyclic) bond motifs is 2. The van der Waals surface area contributed by atoms with Crippen LogP contribution in [0.4, 0.5) is 0 Å². The molecule has 2 aliphatic carbocycles. The molecule has 0 aromatic rings. The lowest BCUT2D eigenvalue weighted by molar-refractivity contribution is -0.120. The van der Waals surface area contributed by atoms with E-state index in [0.29, 0.717) is 13.0 Å². The number of carbonyl (C=O) groups is 1. The summed E-state index contributed by atoms with van der Waals surface area (Å²) in [5.41, 5.74) is 5.31. The van der Waals surface area contributed by atoms with Crippen molar-refractivity contribution >= 4 is 18.3 Å². The molecular formula is C12H23ClN2O. The third-order valence-electron chi connectivity index (χ3n) is 4.09. The van der Waals surface area contributed by atoms with Gasteiger partial charge in [-0.05, 0) is 43.4 Å². The Labute approximate surface area is 104 Å². The van der Waals surface area contributed by atoms with Crippen molar-refractivity contribution < 1.29 is 4.79 Å². The van der Waals surface area contributed by atoms with E-state index in [-0.39, 0.29) is 18.3 Å². The van der Waals surface area contributed by atoms with Crippen LogP contribution in [0.25, 0.3) is 0 Å². The molecule has 16 heavy (non-hydrogen) atoms. The minimum Gasteiger partial charge on any atom is -0.356 e. The van der Waals surface area contributed by atoms with Gasteiger partial charge in [0.25, 0.3) is 0 Å². The zero-order valence-corrected chi connectivity index (χ0v) is 10.6. The molecule has 2 aliphatic rings. The normalized spacial score (nSPS) is 31.2. The molecule has 2 saturated carbocycles. The molecule has 0 saturated heterocycles. The summed E-state index contributed by atoms with van der Waals surface area (Å²) in [5.74, 6) is 2.99. The molecule has 0 aromatic heterocycles. The van der Waals surface area contributed by atoms with E-state index in [2.05, 4.69) is 5.32 Å². The van der Waals surface area contributed by atoms with E-state index in [1.54, 1.807) is 0 Å². The Kier molecular flexibility index (Phi) is 5.56. The second kappa shape index (κ2) is 6.45. The van der Waals surface area contributed by atoms with Crippen LogP contribution in [0.5, 0.6) is 0 Å². The summed E-state index contributed by atoms with van der Waals surface area (Å²) >= 11 is 0. The summed E-state index contributed by atoms with van der Waals surface area (Å²) < 4.78 is 0. The zero-order valence-electron chi connectivity index (χ0n) is 9.78. The first-order chi connectivity index (χ1) is 7.29. The molecule has 0 radical (unpaired) electrons. The predicted octanol–water partition coefficient (Wildman–Crippen LogP) is 1.70. The van der Waals surface area contributed by atoms with E-state index in [4.69, 9.17) is 5.73 Å². The zero-order chi connectivity index (χ0) is 10.7.